The van der Waals surface area contributed by atoms with Crippen molar-refractivity contribution in [1.29, 1.82) is 0 Å². The van der Waals surface area contributed by atoms with Crippen molar-refractivity contribution >= 4 is 5.91 Å². The van der Waals surface area contributed by atoms with Gasteiger partial charge in [-0.2, -0.15) is 0 Å². The number of carbonyl (C=O) groups excluding carboxylic acids is 1. The molecule has 2 aliphatic heterocycles. The third-order valence-electron chi connectivity index (χ3n) is 3.53. The lowest BCUT2D eigenvalue weighted by molar-refractivity contribution is -0.122. The summed E-state index contributed by atoms with van der Waals surface area (Å²) in [6.45, 7) is 1.56. The number of para-hydroxylation sites is 1. The molecule has 3 heteroatoms. The Labute approximate surface area is 94.8 Å². The molecular weight excluding hydrogens is 202 g/mol. The minimum absolute atomic E-state index is 0.180. The van der Waals surface area contributed by atoms with E-state index in [1.165, 1.54) is 5.56 Å². The number of benzene rings is 1. The summed E-state index contributed by atoms with van der Waals surface area (Å²) in [4.78, 5) is 11.5. The average Bonchev–Trinajstić information content (AvgIpc) is 2.88. The Bertz CT molecular complexity index is 416. The highest BCUT2D eigenvalue weighted by Crippen LogP contribution is 2.38. The number of carbonyl (C=O) groups is 1. The predicted molar refractivity (Wildman–Crippen MR) is 60.4 cm³/mol. The van der Waals surface area contributed by atoms with Gasteiger partial charge in [-0.15, -0.1) is 0 Å². The van der Waals surface area contributed by atoms with E-state index in [2.05, 4.69) is 11.4 Å². The summed E-state index contributed by atoms with van der Waals surface area (Å²) in [5.74, 6) is 1.78. The molecule has 0 aliphatic carbocycles. The number of amides is 1. The van der Waals surface area contributed by atoms with Crippen LogP contribution in [0.5, 0.6) is 5.75 Å². The Morgan fingerprint density at radius 3 is 3.00 bits per heavy atom. The van der Waals surface area contributed by atoms with Gasteiger partial charge in [0.25, 0.3) is 0 Å². The molecule has 3 nitrogen and oxygen atoms in total. The lowest BCUT2D eigenvalue weighted by Gasteiger charge is -2.12. The molecule has 84 valence electrons. The lowest BCUT2D eigenvalue weighted by Crippen LogP contribution is -2.20. The molecule has 0 saturated carbocycles. The Hall–Kier alpha value is -1.51. The number of rotatable bonds is 2. The van der Waals surface area contributed by atoms with Crippen molar-refractivity contribution < 1.29 is 9.53 Å². The van der Waals surface area contributed by atoms with Crippen LogP contribution in [0.3, 0.4) is 0 Å². The van der Waals surface area contributed by atoms with E-state index in [1.54, 1.807) is 0 Å². The van der Waals surface area contributed by atoms with E-state index in [9.17, 15) is 4.79 Å². The second-order valence-corrected chi connectivity index (χ2v) is 4.56. The van der Waals surface area contributed by atoms with Gasteiger partial charge >= 0.3 is 0 Å². The fourth-order valence-electron chi connectivity index (χ4n) is 2.64. The second-order valence-electron chi connectivity index (χ2n) is 4.56. The minimum Gasteiger partial charge on any atom is -0.493 e. The second kappa shape index (κ2) is 3.81. The zero-order chi connectivity index (χ0) is 11.0. The molecule has 1 aromatic rings. The molecule has 1 N–H and O–H groups in total. The Kier molecular flexibility index (Phi) is 2.31. The van der Waals surface area contributed by atoms with Crippen LogP contribution in [0.15, 0.2) is 24.3 Å². The zero-order valence-electron chi connectivity index (χ0n) is 9.11. The smallest absolute Gasteiger partial charge is 0.223 e. The van der Waals surface area contributed by atoms with Crippen molar-refractivity contribution in [2.75, 3.05) is 13.2 Å². The molecule has 1 amide bonds. The number of nitrogens with one attached hydrogen (secondary N) is 1. The highest BCUT2D eigenvalue weighted by Gasteiger charge is 2.31. The van der Waals surface area contributed by atoms with Gasteiger partial charge in [0, 0.05) is 23.9 Å². The molecule has 1 saturated heterocycles. The monoisotopic (exact) mass is 217 g/mol. The fourth-order valence-corrected chi connectivity index (χ4v) is 2.64. The van der Waals surface area contributed by atoms with Gasteiger partial charge in [-0.25, -0.2) is 0 Å². The molecule has 2 unspecified atom stereocenters. The van der Waals surface area contributed by atoms with Gasteiger partial charge in [-0.05, 0) is 18.9 Å². The molecule has 0 spiro atoms. The van der Waals surface area contributed by atoms with Gasteiger partial charge in [0.1, 0.15) is 5.75 Å². The summed E-state index contributed by atoms with van der Waals surface area (Å²) in [7, 11) is 0. The Morgan fingerprint density at radius 2 is 2.19 bits per heavy atom. The summed E-state index contributed by atoms with van der Waals surface area (Å²) in [6.07, 6.45) is 1.89. The highest BCUT2D eigenvalue weighted by molar-refractivity contribution is 5.80. The molecule has 16 heavy (non-hydrogen) atoms. The van der Waals surface area contributed by atoms with Crippen LogP contribution in [0, 0.1) is 5.92 Å². The average molecular weight is 217 g/mol. The van der Waals surface area contributed by atoms with Crippen LogP contribution in [-0.4, -0.2) is 19.1 Å². The van der Waals surface area contributed by atoms with Crippen molar-refractivity contribution in [2.45, 2.75) is 18.8 Å². The number of fused-ring (bicyclic) bond motifs is 1. The maximum absolute atomic E-state index is 11.5. The number of hydrogen-bond acceptors (Lipinski definition) is 2. The first-order chi connectivity index (χ1) is 7.84. The minimum atomic E-state index is 0.180. The fraction of sp³-hybridized carbons (Fsp3) is 0.462. The molecule has 2 atom stereocenters. The van der Waals surface area contributed by atoms with Gasteiger partial charge in [-0.1, -0.05) is 18.2 Å². The first-order valence-electron chi connectivity index (χ1n) is 5.84. The van der Waals surface area contributed by atoms with Gasteiger partial charge in [0.2, 0.25) is 5.91 Å². The Balaban J connectivity index is 1.75. The van der Waals surface area contributed by atoms with E-state index < -0.39 is 0 Å². The third kappa shape index (κ3) is 1.56. The summed E-state index contributed by atoms with van der Waals surface area (Å²) in [6, 6.07) is 8.14. The van der Waals surface area contributed by atoms with E-state index >= 15 is 0 Å². The highest BCUT2D eigenvalue weighted by atomic mass is 16.5. The molecule has 2 heterocycles. The normalized spacial score (nSPS) is 27.4. The van der Waals surface area contributed by atoms with Crippen LogP contribution < -0.4 is 10.1 Å². The van der Waals surface area contributed by atoms with E-state index in [0.29, 0.717) is 5.92 Å². The van der Waals surface area contributed by atoms with Crippen LogP contribution in [0.25, 0.3) is 0 Å². The number of ether oxygens (including phenoxy) is 1. The third-order valence-corrected chi connectivity index (χ3v) is 3.53. The molecule has 3 rings (SSSR count). The predicted octanol–water partition coefficient (Wildman–Crippen LogP) is 1.69. The molecular formula is C13H15NO2. The maximum atomic E-state index is 11.5. The molecule has 2 aliphatic rings. The number of hydrogen-bond donors (Lipinski definition) is 1. The van der Waals surface area contributed by atoms with Crippen molar-refractivity contribution in [3.63, 3.8) is 0 Å². The van der Waals surface area contributed by atoms with Crippen LogP contribution in [0.2, 0.25) is 0 Å². The quantitative estimate of drug-likeness (QED) is 0.818. The largest absolute Gasteiger partial charge is 0.493 e. The van der Waals surface area contributed by atoms with E-state index in [4.69, 9.17) is 4.74 Å². The topological polar surface area (TPSA) is 38.3 Å². The van der Waals surface area contributed by atoms with Crippen LogP contribution in [0.1, 0.15) is 24.3 Å². The first-order valence-corrected chi connectivity index (χ1v) is 5.84. The lowest BCUT2D eigenvalue weighted by atomic mass is 9.89. The van der Waals surface area contributed by atoms with Crippen molar-refractivity contribution in [3.05, 3.63) is 29.8 Å². The summed E-state index contributed by atoms with van der Waals surface area (Å²) in [5, 5.41) is 2.89. The van der Waals surface area contributed by atoms with Gasteiger partial charge in [0.05, 0.1) is 6.61 Å². The van der Waals surface area contributed by atoms with Crippen molar-refractivity contribution in [1.82, 2.24) is 5.32 Å². The molecule has 1 fully saturated rings. The Morgan fingerprint density at radius 1 is 1.31 bits per heavy atom. The van der Waals surface area contributed by atoms with Crippen molar-refractivity contribution in [3.8, 4) is 5.75 Å². The molecule has 0 aromatic heterocycles. The molecule has 0 radical (unpaired) electrons. The standard InChI is InChI=1S/C13H15NO2/c15-13-9(5-6-14-13)7-10-8-16-12-4-2-1-3-11(10)12/h1-4,9-10H,5-8H2,(H,14,15). The van der Waals surface area contributed by atoms with E-state index in [1.807, 2.05) is 18.2 Å². The zero-order valence-corrected chi connectivity index (χ0v) is 9.11. The van der Waals surface area contributed by atoms with Crippen molar-refractivity contribution in [2.24, 2.45) is 5.92 Å². The van der Waals surface area contributed by atoms with Gasteiger partial charge < -0.3 is 10.1 Å². The van der Waals surface area contributed by atoms with Gasteiger partial charge in [0.15, 0.2) is 0 Å². The SMILES string of the molecule is O=C1NCCC1CC1COc2ccccc21. The van der Waals surface area contributed by atoms with Crippen LogP contribution in [0.4, 0.5) is 0 Å². The maximum Gasteiger partial charge on any atom is 0.223 e. The van der Waals surface area contributed by atoms with Gasteiger partial charge in [-0.3, -0.25) is 4.79 Å². The van der Waals surface area contributed by atoms with E-state index in [-0.39, 0.29) is 11.8 Å². The molecule has 1 aromatic carbocycles. The van der Waals surface area contributed by atoms with E-state index in [0.717, 1.165) is 31.7 Å². The van der Waals surface area contributed by atoms with Crippen LogP contribution in [-0.2, 0) is 4.79 Å². The summed E-state index contributed by atoms with van der Waals surface area (Å²) < 4.78 is 5.62. The summed E-state index contributed by atoms with van der Waals surface area (Å²) >= 11 is 0. The molecule has 0 bridgehead atoms. The van der Waals surface area contributed by atoms with Crippen LogP contribution >= 0.6 is 0 Å². The summed E-state index contributed by atoms with van der Waals surface area (Å²) in [5.41, 5.74) is 1.27. The first kappa shape index (κ1) is 9.70.